The van der Waals surface area contributed by atoms with E-state index in [1.54, 1.807) is 0 Å². The molecule has 0 saturated carbocycles. The lowest BCUT2D eigenvalue weighted by Gasteiger charge is -2.35. The van der Waals surface area contributed by atoms with E-state index in [1.165, 1.54) is 11.4 Å². The Hall–Kier alpha value is -1.29. The smallest absolute Gasteiger partial charge is 0.118 e. The Morgan fingerprint density at radius 2 is 1.70 bits per heavy atom. The van der Waals surface area contributed by atoms with Gasteiger partial charge in [-0.05, 0) is 38.1 Å². The van der Waals surface area contributed by atoms with Crippen LogP contribution in [0.1, 0.15) is 12.8 Å². The van der Waals surface area contributed by atoms with E-state index in [0.29, 0.717) is 13.0 Å². The molecule has 0 spiro atoms. The normalized spacial score (nSPS) is 25.0. The van der Waals surface area contributed by atoms with Gasteiger partial charge in [0.15, 0.2) is 0 Å². The third-order valence-electron chi connectivity index (χ3n) is 4.43. The van der Waals surface area contributed by atoms with Gasteiger partial charge in [-0.3, -0.25) is 0 Å². The molecule has 2 saturated heterocycles. The molecule has 1 unspecified atom stereocenters. The van der Waals surface area contributed by atoms with Gasteiger partial charge in [-0.2, -0.15) is 0 Å². The first-order chi connectivity index (χ1) is 9.72. The number of anilines is 2. The zero-order valence-corrected chi connectivity index (χ0v) is 12.3. The Labute approximate surface area is 121 Å². The highest BCUT2D eigenvalue weighted by Crippen LogP contribution is 2.26. The van der Waals surface area contributed by atoms with Gasteiger partial charge >= 0.3 is 0 Å². The van der Waals surface area contributed by atoms with Gasteiger partial charge in [0.2, 0.25) is 0 Å². The van der Waals surface area contributed by atoms with Crippen molar-refractivity contribution in [2.24, 2.45) is 0 Å². The Morgan fingerprint density at radius 3 is 2.40 bits per heavy atom. The quantitative estimate of drug-likeness (QED) is 0.822. The van der Waals surface area contributed by atoms with Gasteiger partial charge in [-0.15, -0.1) is 0 Å². The molecule has 0 N–H and O–H groups in total. The van der Waals surface area contributed by atoms with Crippen molar-refractivity contribution in [2.75, 3.05) is 56.1 Å². The lowest BCUT2D eigenvalue weighted by molar-refractivity contribution is 0.287. The van der Waals surface area contributed by atoms with Crippen LogP contribution in [0, 0.1) is 0 Å². The first kappa shape index (κ1) is 13.7. The second-order valence-corrected chi connectivity index (χ2v) is 6.00. The summed E-state index contributed by atoms with van der Waals surface area (Å²) in [5.41, 5.74) is 2.44. The minimum atomic E-state index is -0.670. The summed E-state index contributed by atoms with van der Waals surface area (Å²) in [6.07, 6.45) is 1.00. The molecule has 4 heteroatoms. The van der Waals surface area contributed by atoms with E-state index < -0.39 is 6.17 Å². The molecule has 0 radical (unpaired) electrons. The second-order valence-electron chi connectivity index (χ2n) is 6.00. The predicted octanol–water partition coefficient (Wildman–Crippen LogP) is 2.38. The summed E-state index contributed by atoms with van der Waals surface area (Å²) in [4.78, 5) is 6.98. The van der Waals surface area contributed by atoms with E-state index in [4.69, 9.17) is 0 Å². The van der Waals surface area contributed by atoms with Gasteiger partial charge in [0.1, 0.15) is 6.17 Å². The molecule has 2 fully saturated rings. The molecule has 1 aromatic carbocycles. The summed E-state index contributed by atoms with van der Waals surface area (Å²) >= 11 is 0. The van der Waals surface area contributed by atoms with Crippen molar-refractivity contribution in [1.29, 1.82) is 0 Å². The van der Waals surface area contributed by atoms with Gasteiger partial charge in [0, 0.05) is 50.6 Å². The SMILES string of the molecule is CN1CCN(c2cccc(N3CCCC(F)C3)c2)CC1. The summed E-state index contributed by atoms with van der Waals surface area (Å²) in [7, 11) is 2.17. The van der Waals surface area contributed by atoms with Crippen LogP contribution in [0.4, 0.5) is 15.8 Å². The fourth-order valence-corrected chi connectivity index (χ4v) is 3.11. The minimum Gasteiger partial charge on any atom is -0.369 e. The molecule has 2 aliphatic rings. The maximum atomic E-state index is 13.6. The van der Waals surface area contributed by atoms with Crippen molar-refractivity contribution in [2.45, 2.75) is 19.0 Å². The highest BCUT2D eigenvalue weighted by atomic mass is 19.1. The van der Waals surface area contributed by atoms with Crippen molar-refractivity contribution in [3.63, 3.8) is 0 Å². The topological polar surface area (TPSA) is 9.72 Å². The zero-order chi connectivity index (χ0) is 13.9. The lowest BCUT2D eigenvalue weighted by atomic mass is 10.1. The third-order valence-corrected chi connectivity index (χ3v) is 4.43. The molecule has 3 nitrogen and oxygen atoms in total. The summed E-state index contributed by atoms with van der Waals surface area (Å²) in [6.45, 7) is 5.90. The van der Waals surface area contributed by atoms with Crippen LogP contribution in [0.5, 0.6) is 0 Å². The largest absolute Gasteiger partial charge is 0.369 e. The van der Waals surface area contributed by atoms with E-state index in [0.717, 1.165) is 39.1 Å². The van der Waals surface area contributed by atoms with Crippen molar-refractivity contribution in [3.8, 4) is 0 Å². The number of hydrogen-bond donors (Lipinski definition) is 0. The van der Waals surface area contributed by atoms with E-state index in [9.17, 15) is 4.39 Å². The lowest BCUT2D eigenvalue weighted by Crippen LogP contribution is -2.44. The van der Waals surface area contributed by atoms with Crippen LogP contribution in [-0.4, -0.2) is 57.4 Å². The second kappa shape index (κ2) is 6.00. The molecule has 3 rings (SSSR count). The number of hydrogen-bond acceptors (Lipinski definition) is 3. The van der Waals surface area contributed by atoms with E-state index >= 15 is 0 Å². The summed E-state index contributed by atoms with van der Waals surface area (Å²) in [5.74, 6) is 0. The third kappa shape index (κ3) is 3.06. The van der Waals surface area contributed by atoms with Crippen molar-refractivity contribution in [1.82, 2.24) is 4.90 Å². The van der Waals surface area contributed by atoms with Crippen molar-refractivity contribution < 1.29 is 4.39 Å². The number of nitrogens with zero attached hydrogens (tertiary/aromatic N) is 3. The molecule has 0 aromatic heterocycles. The van der Waals surface area contributed by atoms with Crippen LogP contribution in [0.2, 0.25) is 0 Å². The Morgan fingerprint density at radius 1 is 1.00 bits per heavy atom. The highest BCUT2D eigenvalue weighted by Gasteiger charge is 2.20. The van der Waals surface area contributed by atoms with Gasteiger partial charge < -0.3 is 14.7 Å². The molecule has 2 aliphatic heterocycles. The molecular formula is C16H24FN3. The van der Waals surface area contributed by atoms with E-state index in [-0.39, 0.29) is 0 Å². The molecule has 0 aliphatic carbocycles. The fraction of sp³-hybridized carbons (Fsp3) is 0.625. The van der Waals surface area contributed by atoms with Crippen LogP contribution in [0.3, 0.4) is 0 Å². The molecule has 2 heterocycles. The molecule has 0 amide bonds. The first-order valence-corrected chi connectivity index (χ1v) is 7.65. The molecule has 20 heavy (non-hydrogen) atoms. The molecule has 1 aromatic rings. The van der Waals surface area contributed by atoms with Crippen LogP contribution < -0.4 is 9.80 Å². The van der Waals surface area contributed by atoms with Gasteiger partial charge in [-0.1, -0.05) is 6.07 Å². The molecule has 1 atom stereocenters. The van der Waals surface area contributed by atoms with Gasteiger partial charge in [0.05, 0.1) is 0 Å². The summed E-state index contributed by atoms with van der Waals surface area (Å²) < 4.78 is 13.6. The van der Waals surface area contributed by atoms with Crippen LogP contribution in [-0.2, 0) is 0 Å². The standard InChI is InChI=1S/C16H24FN3/c1-18-8-10-19(11-9-18)15-5-2-6-16(12-15)20-7-3-4-14(17)13-20/h2,5-6,12,14H,3-4,7-11,13H2,1H3. The molecule has 110 valence electrons. The summed E-state index contributed by atoms with van der Waals surface area (Å²) in [5, 5.41) is 0. The van der Waals surface area contributed by atoms with Gasteiger partial charge in [-0.25, -0.2) is 4.39 Å². The predicted molar refractivity (Wildman–Crippen MR) is 82.5 cm³/mol. The number of alkyl halides is 1. The van der Waals surface area contributed by atoms with E-state index in [2.05, 4.69) is 46.0 Å². The van der Waals surface area contributed by atoms with Crippen molar-refractivity contribution in [3.05, 3.63) is 24.3 Å². The molecule has 0 bridgehead atoms. The maximum Gasteiger partial charge on any atom is 0.118 e. The zero-order valence-electron chi connectivity index (χ0n) is 12.3. The first-order valence-electron chi connectivity index (χ1n) is 7.65. The van der Waals surface area contributed by atoms with Crippen LogP contribution in [0.15, 0.2) is 24.3 Å². The monoisotopic (exact) mass is 277 g/mol. The Bertz CT molecular complexity index is 443. The number of piperidine rings is 1. The maximum absolute atomic E-state index is 13.6. The Kier molecular flexibility index (Phi) is 4.10. The number of halogens is 1. The number of rotatable bonds is 2. The van der Waals surface area contributed by atoms with Crippen LogP contribution >= 0.6 is 0 Å². The average molecular weight is 277 g/mol. The van der Waals surface area contributed by atoms with Crippen molar-refractivity contribution >= 4 is 11.4 Å². The number of benzene rings is 1. The van der Waals surface area contributed by atoms with Crippen LogP contribution in [0.25, 0.3) is 0 Å². The molecular weight excluding hydrogens is 253 g/mol. The average Bonchev–Trinajstić information content (AvgIpc) is 2.48. The summed E-state index contributed by atoms with van der Waals surface area (Å²) in [6, 6.07) is 8.61. The number of piperazine rings is 1. The van der Waals surface area contributed by atoms with Gasteiger partial charge in [0.25, 0.3) is 0 Å². The fourth-order valence-electron chi connectivity index (χ4n) is 3.11. The minimum absolute atomic E-state index is 0.548. The highest BCUT2D eigenvalue weighted by molar-refractivity contribution is 5.60. The van der Waals surface area contributed by atoms with E-state index in [1.807, 2.05) is 0 Å². The Balaban J connectivity index is 1.72. The number of likely N-dealkylation sites (N-methyl/N-ethyl adjacent to an activating group) is 1.